The lowest BCUT2D eigenvalue weighted by Gasteiger charge is -2.17. The van der Waals surface area contributed by atoms with Crippen molar-refractivity contribution in [3.05, 3.63) is 36.2 Å². The molecule has 0 aliphatic heterocycles. The van der Waals surface area contributed by atoms with Gasteiger partial charge in [-0.2, -0.15) is 23.0 Å². The molecule has 0 fully saturated rings. The summed E-state index contributed by atoms with van der Waals surface area (Å²) in [6, 6.07) is 1.96. The van der Waals surface area contributed by atoms with Gasteiger partial charge in [-0.1, -0.05) is 0 Å². The van der Waals surface area contributed by atoms with Gasteiger partial charge in [-0.15, -0.1) is 0 Å². The van der Waals surface area contributed by atoms with Crippen LogP contribution >= 0.6 is 0 Å². The van der Waals surface area contributed by atoms with E-state index in [0.29, 0.717) is 25.4 Å². The second-order valence-electron chi connectivity index (χ2n) is 4.94. The molecule has 2 aromatic rings. The molecular weight excluding hydrogens is 361 g/mol. The third-order valence-corrected chi connectivity index (χ3v) is 4.97. The number of rotatable bonds is 4. The highest BCUT2D eigenvalue weighted by Gasteiger charge is 2.32. The molecule has 136 valence electrons. The van der Waals surface area contributed by atoms with Crippen LogP contribution in [0.3, 0.4) is 0 Å². The minimum atomic E-state index is -4.62. The van der Waals surface area contributed by atoms with Crippen LogP contribution in [0.1, 0.15) is 19.4 Å². The van der Waals surface area contributed by atoms with Gasteiger partial charge in [0.2, 0.25) is 9.84 Å². The molecule has 11 heteroatoms. The molecule has 0 saturated carbocycles. The third-order valence-electron chi connectivity index (χ3n) is 3.41. The van der Waals surface area contributed by atoms with Crippen LogP contribution in [0.5, 0.6) is 0 Å². The van der Waals surface area contributed by atoms with E-state index in [0.717, 1.165) is 16.8 Å². The average molecular weight is 376 g/mol. The van der Waals surface area contributed by atoms with Crippen molar-refractivity contribution in [2.24, 2.45) is 0 Å². The molecular formula is C14H15F3N4O3S. The molecule has 2 aromatic heterocycles. The van der Waals surface area contributed by atoms with Gasteiger partial charge in [0, 0.05) is 25.5 Å². The molecule has 0 N–H and O–H groups in total. The van der Waals surface area contributed by atoms with Gasteiger partial charge in [0.05, 0.1) is 5.56 Å². The summed E-state index contributed by atoms with van der Waals surface area (Å²) in [5.41, 5.74) is -1.06. The summed E-state index contributed by atoms with van der Waals surface area (Å²) in [4.78, 5) is 16.9. The second-order valence-corrected chi connectivity index (χ2v) is 6.78. The van der Waals surface area contributed by atoms with Gasteiger partial charge in [-0.05, 0) is 32.0 Å². The molecule has 0 aliphatic rings. The van der Waals surface area contributed by atoms with Crippen LogP contribution in [-0.4, -0.2) is 47.2 Å². The predicted molar refractivity (Wildman–Crippen MR) is 80.6 cm³/mol. The highest BCUT2D eigenvalue weighted by molar-refractivity contribution is 7.91. The number of alkyl halides is 3. The fourth-order valence-corrected chi connectivity index (χ4v) is 3.10. The summed E-state index contributed by atoms with van der Waals surface area (Å²) in [5, 5.41) is 2.67. The number of hydrogen-bond donors (Lipinski definition) is 0. The zero-order chi connectivity index (χ0) is 18.8. The number of hydrogen-bond acceptors (Lipinski definition) is 5. The van der Waals surface area contributed by atoms with Gasteiger partial charge in [0.25, 0.3) is 0 Å². The normalized spacial score (nSPS) is 12.2. The lowest BCUT2D eigenvalue weighted by Crippen LogP contribution is -2.34. The van der Waals surface area contributed by atoms with Crippen molar-refractivity contribution in [1.29, 1.82) is 0 Å². The van der Waals surface area contributed by atoms with E-state index in [4.69, 9.17) is 0 Å². The van der Waals surface area contributed by atoms with Gasteiger partial charge in [-0.3, -0.25) is 0 Å². The summed E-state index contributed by atoms with van der Waals surface area (Å²) < 4.78 is 63.2. The zero-order valence-electron chi connectivity index (χ0n) is 13.4. The Labute approximate surface area is 142 Å². The summed E-state index contributed by atoms with van der Waals surface area (Å²) in [6.07, 6.45) is -3.00. The van der Waals surface area contributed by atoms with E-state index < -0.39 is 37.7 Å². The quantitative estimate of drug-likeness (QED) is 0.818. The molecule has 0 saturated heterocycles. The van der Waals surface area contributed by atoms with Crippen LogP contribution in [0, 0.1) is 0 Å². The number of nitrogens with zero attached hydrogens (tertiary/aromatic N) is 4. The van der Waals surface area contributed by atoms with E-state index in [1.807, 2.05) is 0 Å². The molecule has 2 heterocycles. The van der Waals surface area contributed by atoms with Crippen molar-refractivity contribution in [3.8, 4) is 0 Å². The standard InChI is InChI=1S/C14H15F3N4O3S/c1-3-20(4-2)13(22)21-8-7-12(19-21)25(23,24)11-6-5-10(9-18-11)14(15,16)17/h5-9H,3-4H2,1-2H3. The van der Waals surface area contributed by atoms with Gasteiger partial charge in [0.15, 0.2) is 10.1 Å². The van der Waals surface area contributed by atoms with E-state index in [1.165, 1.54) is 11.1 Å². The summed E-state index contributed by atoms with van der Waals surface area (Å²) in [7, 11) is -4.23. The van der Waals surface area contributed by atoms with Crippen LogP contribution in [0.2, 0.25) is 0 Å². The second kappa shape index (κ2) is 6.82. The van der Waals surface area contributed by atoms with Gasteiger partial charge < -0.3 is 4.90 Å². The van der Waals surface area contributed by atoms with Crippen molar-refractivity contribution in [1.82, 2.24) is 19.7 Å². The van der Waals surface area contributed by atoms with Crippen LogP contribution < -0.4 is 0 Å². The molecule has 7 nitrogen and oxygen atoms in total. The highest BCUT2D eigenvalue weighted by atomic mass is 32.2. The first-order valence-corrected chi connectivity index (χ1v) is 8.72. The Morgan fingerprint density at radius 3 is 2.28 bits per heavy atom. The fraction of sp³-hybridized carbons (Fsp3) is 0.357. The van der Waals surface area contributed by atoms with Crippen molar-refractivity contribution >= 4 is 15.9 Å². The van der Waals surface area contributed by atoms with Crippen LogP contribution in [0.25, 0.3) is 0 Å². The zero-order valence-corrected chi connectivity index (χ0v) is 14.2. The monoisotopic (exact) mass is 376 g/mol. The smallest absolute Gasteiger partial charge is 0.323 e. The summed E-state index contributed by atoms with van der Waals surface area (Å²) >= 11 is 0. The summed E-state index contributed by atoms with van der Waals surface area (Å²) in [5.74, 6) is 0. The number of halogens is 3. The van der Waals surface area contributed by atoms with Crippen molar-refractivity contribution in [2.45, 2.75) is 30.1 Å². The first kappa shape index (κ1) is 18.9. The number of aromatic nitrogens is 3. The lowest BCUT2D eigenvalue weighted by atomic mass is 10.3. The third kappa shape index (κ3) is 3.81. The Morgan fingerprint density at radius 1 is 1.16 bits per heavy atom. The van der Waals surface area contributed by atoms with Crippen molar-refractivity contribution in [2.75, 3.05) is 13.1 Å². The van der Waals surface area contributed by atoms with Crippen molar-refractivity contribution in [3.63, 3.8) is 0 Å². The maximum atomic E-state index is 12.5. The Balaban J connectivity index is 2.33. The molecule has 25 heavy (non-hydrogen) atoms. The predicted octanol–water partition coefficient (Wildman–Crippen LogP) is 2.44. The van der Waals surface area contributed by atoms with E-state index >= 15 is 0 Å². The van der Waals surface area contributed by atoms with E-state index in [9.17, 15) is 26.4 Å². The average Bonchev–Trinajstić information content (AvgIpc) is 3.06. The molecule has 0 atom stereocenters. The largest absolute Gasteiger partial charge is 0.417 e. The SMILES string of the molecule is CCN(CC)C(=O)n1ccc(S(=O)(=O)c2ccc(C(F)(F)F)cn2)n1. The Morgan fingerprint density at radius 2 is 1.80 bits per heavy atom. The minimum absolute atomic E-state index is 0.414. The maximum Gasteiger partial charge on any atom is 0.417 e. The molecule has 2 rings (SSSR count). The topological polar surface area (TPSA) is 85.2 Å². The summed E-state index contributed by atoms with van der Waals surface area (Å²) in [6.45, 7) is 4.35. The molecule has 1 amide bonds. The molecule has 0 aliphatic carbocycles. The van der Waals surface area contributed by atoms with Gasteiger partial charge in [-0.25, -0.2) is 18.2 Å². The first-order chi connectivity index (χ1) is 11.6. The number of amides is 1. The van der Waals surface area contributed by atoms with Crippen LogP contribution in [0.4, 0.5) is 18.0 Å². The molecule has 0 bridgehead atoms. The van der Waals surface area contributed by atoms with Gasteiger partial charge in [0.1, 0.15) is 0 Å². The minimum Gasteiger partial charge on any atom is -0.323 e. The van der Waals surface area contributed by atoms with Gasteiger partial charge >= 0.3 is 12.2 Å². The van der Waals surface area contributed by atoms with Crippen LogP contribution in [-0.2, 0) is 16.0 Å². The number of carbonyl (C=O) groups excluding carboxylic acids is 1. The lowest BCUT2D eigenvalue weighted by molar-refractivity contribution is -0.137. The highest BCUT2D eigenvalue weighted by Crippen LogP contribution is 2.29. The van der Waals surface area contributed by atoms with E-state index in [1.54, 1.807) is 13.8 Å². The Kier molecular flexibility index (Phi) is 5.16. The molecule has 0 spiro atoms. The molecule has 0 radical (unpaired) electrons. The van der Waals surface area contributed by atoms with E-state index in [2.05, 4.69) is 10.1 Å². The first-order valence-electron chi connectivity index (χ1n) is 7.24. The maximum absolute atomic E-state index is 12.5. The molecule has 0 aromatic carbocycles. The van der Waals surface area contributed by atoms with E-state index in [-0.39, 0.29) is 0 Å². The number of sulfone groups is 1. The Bertz CT molecular complexity index is 856. The van der Waals surface area contributed by atoms with Crippen molar-refractivity contribution < 1.29 is 26.4 Å². The number of pyridine rings is 1. The fourth-order valence-electron chi connectivity index (χ4n) is 2.01. The molecule has 0 unspecified atom stereocenters. The van der Waals surface area contributed by atoms with Crippen LogP contribution in [0.15, 0.2) is 40.6 Å². The number of carbonyl (C=O) groups is 1. The Hall–Kier alpha value is -2.43.